The highest BCUT2D eigenvalue weighted by atomic mass is 32.2. The van der Waals surface area contributed by atoms with Crippen LogP contribution in [0.5, 0.6) is 5.75 Å². The van der Waals surface area contributed by atoms with E-state index in [2.05, 4.69) is 4.72 Å². The van der Waals surface area contributed by atoms with Gasteiger partial charge < -0.3 is 15.8 Å². The van der Waals surface area contributed by atoms with Crippen molar-refractivity contribution in [3.05, 3.63) is 58.7 Å². The minimum absolute atomic E-state index is 0.0609. The molecule has 158 valence electrons. The van der Waals surface area contributed by atoms with Crippen LogP contribution in [-0.2, 0) is 21.2 Å². The minimum atomic E-state index is -3.72. The Hall–Kier alpha value is -2.64. The van der Waals surface area contributed by atoms with Crippen molar-refractivity contribution in [2.75, 3.05) is 6.54 Å². The number of aryl methyl sites for hydroxylation is 1. The molecule has 2 aromatic rings. The zero-order chi connectivity index (χ0) is 21.6. The van der Waals surface area contributed by atoms with Crippen LogP contribution in [0.15, 0.2) is 52.5 Å². The van der Waals surface area contributed by atoms with E-state index in [-0.39, 0.29) is 28.6 Å². The first-order valence-corrected chi connectivity index (χ1v) is 10.7. The number of thiophene rings is 1. The van der Waals surface area contributed by atoms with Crippen LogP contribution in [-0.4, -0.2) is 42.2 Å². The Kier molecular flexibility index (Phi) is 7.59. The summed E-state index contributed by atoms with van der Waals surface area (Å²) in [4.78, 5) is 12.9. The fourth-order valence-corrected chi connectivity index (χ4v) is 4.74. The molecule has 10 nitrogen and oxygen atoms in total. The van der Waals surface area contributed by atoms with Gasteiger partial charge in [-0.25, -0.2) is 24.5 Å². The van der Waals surface area contributed by atoms with E-state index in [1.54, 1.807) is 30.6 Å². The van der Waals surface area contributed by atoms with Gasteiger partial charge >= 0.3 is 0 Å². The molecule has 0 spiro atoms. The van der Waals surface area contributed by atoms with Crippen LogP contribution in [0.4, 0.5) is 0 Å². The van der Waals surface area contributed by atoms with Gasteiger partial charge in [-0.15, -0.1) is 11.3 Å². The van der Waals surface area contributed by atoms with E-state index in [0.29, 0.717) is 5.56 Å². The number of benzene rings is 1. The zero-order valence-electron chi connectivity index (χ0n) is 15.6. The molecule has 0 saturated carbocycles. The number of nitrogens with two attached hydrogens (primary N) is 2. The van der Waals surface area contributed by atoms with Gasteiger partial charge in [0.1, 0.15) is 16.0 Å². The smallest absolute Gasteiger partial charge is 0.267 e. The third-order valence-corrected chi connectivity index (χ3v) is 6.79. The van der Waals surface area contributed by atoms with Gasteiger partial charge in [-0.1, -0.05) is 12.1 Å². The van der Waals surface area contributed by atoms with Gasteiger partial charge in [-0.05, 0) is 36.8 Å². The molecule has 0 saturated heterocycles. The van der Waals surface area contributed by atoms with E-state index in [4.69, 9.17) is 16.8 Å². The fourth-order valence-electron chi connectivity index (χ4n) is 2.40. The van der Waals surface area contributed by atoms with Crippen LogP contribution in [0.3, 0.4) is 0 Å². The number of hydrogen-bond acceptors (Lipinski definition) is 9. The van der Waals surface area contributed by atoms with E-state index >= 15 is 0 Å². The van der Waals surface area contributed by atoms with Crippen molar-refractivity contribution >= 4 is 27.3 Å². The number of sulfonamides is 1. The monoisotopic (exact) mass is 441 g/mol. The minimum Gasteiger partial charge on any atom is -0.508 e. The molecule has 0 fully saturated rings. The molecule has 1 aromatic carbocycles. The molecule has 29 heavy (non-hydrogen) atoms. The molecule has 0 aliphatic rings. The van der Waals surface area contributed by atoms with E-state index < -0.39 is 22.0 Å². The van der Waals surface area contributed by atoms with Gasteiger partial charge in [0.05, 0.1) is 6.54 Å². The molecule has 0 radical (unpaired) electrons. The number of carbonyl (C=O) groups excluding carboxylic acids is 1. The van der Waals surface area contributed by atoms with Gasteiger partial charge in [-0.3, -0.25) is 10.0 Å². The van der Waals surface area contributed by atoms with Crippen molar-refractivity contribution in [3.63, 3.8) is 0 Å². The SMILES string of the molecule is Cc1ccc(S(=O)(=O)NC/C(N)=C/N(N)[C@@H](Cc2ccc(O)cc2)C(=O)NO)s1. The standard InChI is InChI=1S/C17H23N5O5S2/c1-11-2-7-16(28-11)29(26,27)20-9-13(18)10-22(19)15(17(24)21-25)8-12-3-5-14(23)6-4-12/h2-7,10,15,20,23,25H,8-9,18-19H2,1H3,(H,21,24)/b13-10-/t15-/m0/s1. The number of nitrogens with one attached hydrogen (secondary N) is 2. The summed E-state index contributed by atoms with van der Waals surface area (Å²) < 4.78 is 27.0. The first kappa shape index (κ1) is 22.6. The lowest BCUT2D eigenvalue weighted by Crippen LogP contribution is -2.49. The number of phenols is 1. The molecule has 1 atom stereocenters. The maximum atomic E-state index is 12.2. The predicted molar refractivity (Wildman–Crippen MR) is 108 cm³/mol. The molecule has 0 unspecified atom stereocenters. The molecule has 1 heterocycles. The average Bonchev–Trinajstić information content (AvgIpc) is 3.12. The number of nitrogens with zero attached hydrogens (tertiary/aromatic N) is 1. The number of hydroxylamine groups is 1. The Balaban J connectivity index is 2.07. The molecule has 0 bridgehead atoms. The van der Waals surface area contributed by atoms with E-state index in [1.165, 1.54) is 24.4 Å². The van der Waals surface area contributed by atoms with Crippen LogP contribution in [0.2, 0.25) is 0 Å². The number of phenolic OH excluding ortho intramolecular Hbond substituents is 1. The van der Waals surface area contributed by atoms with Crippen LogP contribution in [0.1, 0.15) is 10.4 Å². The highest BCUT2D eigenvalue weighted by molar-refractivity contribution is 7.91. The lowest BCUT2D eigenvalue weighted by Gasteiger charge is -2.25. The molecule has 1 aromatic heterocycles. The van der Waals surface area contributed by atoms with E-state index in [1.807, 2.05) is 0 Å². The Labute approximate surface area is 172 Å². The lowest BCUT2D eigenvalue weighted by molar-refractivity contribution is -0.134. The molecule has 2 rings (SSSR count). The van der Waals surface area contributed by atoms with Crippen LogP contribution >= 0.6 is 11.3 Å². The summed E-state index contributed by atoms with van der Waals surface area (Å²) in [5.41, 5.74) is 8.12. The third-order valence-electron chi connectivity index (χ3n) is 3.90. The van der Waals surface area contributed by atoms with Crippen molar-refractivity contribution in [2.45, 2.75) is 23.6 Å². The molecular weight excluding hydrogens is 418 g/mol. The van der Waals surface area contributed by atoms with Gasteiger partial charge in [0.2, 0.25) is 10.0 Å². The number of rotatable bonds is 9. The van der Waals surface area contributed by atoms with Crippen LogP contribution < -0.4 is 21.8 Å². The lowest BCUT2D eigenvalue weighted by atomic mass is 10.0. The Morgan fingerprint density at radius 2 is 1.93 bits per heavy atom. The number of hydrazine groups is 1. The number of carbonyl (C=O) groups is 1. The first-order chi connectivity index (χ1) is 13.6. The molecule has 0 aliphatic carbocycles. The average molecular weight is 442 g/mol. The van der Waals surface area contributed by atoms with Crippen LogP contribution in [0, 0.1) is 6.92 Å². The van der Waals surface area contributed by atoms with Gasteiger partial charge in [0, 0.05) is 23.2 Å². The van der Waals surface area contributed by atoms with E-state index in [0.717, 1.165) is 21.2 Å². The summed E-state index contributed by atoms with van der Waals surface area (Å²) in [5, 5.41) is 19.3. The van der Waals surface area contributed by atoms with Crippen molar-refractivity contribution in [1.82, 2.24) is 15.2 Å². The maximum absolute atomic E-state index is 12.2. The van der Waals surface area contributed by atoms with Gasteiger partial charge in [0.15, 0.2) is 0 Å². The molecule has 1 amide bonds. The maximum Gasteiger partial charge on any atom is 0.267 e. The summed E-state index contributed by atoms with van der Waals surface area (Å²) in [5.74, 6) is 5.20. The fraction of sp³-hybridized carbons (Fsp3) is 0.235. The Bertz CT molecular complexity index is 972. The molecule has 0 aliphatic heterocycles. The number of amides is 1. The molecule has 8 N–H and O–H groups in total. The van der Waals surface area contributed by atoms with Gasteiger partial charge in [-0.2, -0.15) is 0 Å². The summed E-state index contributed by atoms with van der Waals surface area (Å²) in [7, 11) is -3.72. The van der Waals surface area contributed by atoms with Crippen LogP contribution in [0.25, 0.3) is 0 Å². The zero-order valence-corrected chi connectivity index (χ0v) is 17.2. The third kappa shape index (κ3) is 6.44. The Morgan fingerprint density at radius 1 is 1.28 bits per heavy atom. The quantitative estimate of drug-likeness (QED) is 0.181. The first-order valence-electron chi connectivity index (χ1n) is 8.39. The normalized spacial score (nSPS) is 13.1. The molecular formula is C17H23N5O5S2. The van der Waals surface area contributed by atoms with Gasteiger partial charge in [0.25, 0.3) is 5.91 Å². The van der Waals surface area contributed by atoms with Crippen molar-refractivity contribution < 1.29 is 23.5 Å². The second kappa shape index (κ2) is 9.71. The van der Waals surface area contributed by atoms with Crippen molar-refractivity contribution in [2.24, 2.45) is 11.6 Å². The topological polar surface area (TPSA) is 171 Å². The highest BCUT2D eigenvalue weighted by Crippen LogP contribution is 2.20. The summed E-state index contributed by atoms with van der Waals surface area (Å²) in [6, 6.07) is 8.28. The largest absolute Gasteiger partial charge is 0.508 e. The second-order valence-electron chi connectivity index (χ2n) is 6.20. The second-order valence-corrected chi connectivity index (χ2v) is 9.48. The number of hydrogen-bond donors (Lipinski definition) is 6. The highest BCUT2D eigenvalue weighted by Gasteiger charge is 2.23. The Morgan fingerprint density at radius 3 is 2.48 bits per heavy atom. The predicted octanol–water partition coefficient (Wildman–Crippen LogP) is 0.133. The number of aromatic hydroxyl groups is 1. The summed E-state index contributed by atoms with van der Waals surface area (Å²) in [6.45, 7) is 1.57. The van der Waals surface area contributed by atoms with Crippen molar-refractivity contribution in [3.8, 4) is 5.75 Å². The van der Waals surface area contributed by atoms with Crippen molar-refractivity contribution in [1.29, 1.82) is 0 Å². The summed E-state index contributed by atoms with van der Waals surface area (Å²) >= 11 is 1.13. The molecule has 12 heteroatoms. The van der Waals surface area contributed by atoms with E-state index in [9.17, 15) is 18.3 Å². The summed E-state index contributed by atoms with van der Waals surface area (Å²) in [6.07, 6.45) is 1.32.